The number of carbonyl (C=O) groups excluding carboxylic acids is 1. The zero-order valence-corrected chi connectivity index (χ0v) is 14.9. The van der Waals surface area contributed by atoms with Crippen LogP contribution in [0.3, 0.4) is 0 Å². The van der Waals surface area contributed by atoms with Gasteiger partial charge in [-0.1, -0.05) is 48.0 Å². The summed E-state index contributed by atoms with van der Waals surface area (Å²) in [6, 6.07) is 18.3. The third-order valence-electron chi connectivity index (χ3n) is 5.02. The van der Waals surface area contributed by atoms with Crippen LogP contribution in [-0.2, 0) is 0 Å². The molecule has 1 aliphatic rings. The van der Waals surface area contributed by atoms with E-state index in [9.17, 15) is 4.79 Å². The normalized spacial score (nSPS) is 15.2. The van der Waals surface area contributed by atoms with Crippen LogP contribution in [0.5, 0.6) is 0 Å². The summed E-state index contributed by atoms with van der Waals surface area (Å²) in [5, 5.41) is 8.42. The monoisotopic (exact) mass is 346 g/mol. The highest BCUT2D eigenvalue weighted by Crippen LogP contribution is 2.28. The second-order valence-corrected chi connectivity index (χ2v) is 6.82. The third kappa shape index (κ3) is 3.25. The number of carbonyl (C=O) groups is 1. The molecule has 1 saturated heterocycles. The Hall–Kier alpha value is -2.95. The molecule has 1 aromatic heterocycles. The van der Waals surface area contributed by atoms with Gasteiger partial charge in [0.2, 0.25) is 0 Å². The van der Waals surface area contributed by atoms with Gasteiger partial charge in [-0.15, -0.1) is 10.2 Å². The maximum absolute atomic E-state index is 12.7. The third-order valence-corrected chi connectivity index (χ3v) is 5.02. The van der Waals surface area contributed by atoms with E-state index in [4.69, 9.17) is 0 Å². The molecule has 3 aromatic rings. The Morgan fingerprint density at radius 1 is 1.04 bits per heavy atom. The van der Waals surface area contributed by atoms with Crippen LogP contribution < -0.4 is 0 Å². The van der Waals surface area contributed by atoms with E-state index in [2.05, 4.69) is 26.9 Å². The Labute approximate surface area is 153 Å². The zero-order valence-electron chi connectivity index (χ0n) is 14.9. The number of piperidine rings is 1. The van der Waals surface area contributed by atoms with Crippen molar-refractivity contribution < 1.29 is 4.79 Å². The lowest BCUT2D eigenvalue weighted by atomic mass is 10.0. The van der Waals surface area contributed by atoms with E-state index >= 15 is 0 Å². The largest absolute Gasteiger partial charge is 0.338 e. The van der Waals surface area contributed by atoms with E-state index in [1.165, 1.54) is 0 Å². The molecule has 132 valence electrons. The first-order valence-electron chi connectivity index (χ1n) is 9.03. The van der Waals surface area contributed by atoms with Gasteiger partial charge in [-0.25, -0.2) is 0 Å². The first-order chi connectivity index (χ1) is 12.7. The van der Waals surface area contributed by atoms with E-state index in [1.807, 2.05) is 60.6 Å². The van der Waals surface area contributed by atoms with E-state index in [-0.39, 0.29) is 5.91 Å². The average Bonchev–Trinajstić information content (AvgIpc) is 3.18. The summed E-state index contributed by atoms with van der Waals surface area (Å²) in [5.41, 5.74) is 2.96. The number of benzene rings is 2. The molecule has 0 radical (unpaired) electrons. The Bertz CT molecular complexity index is 895. The lowest BCUT2D eigenvalue weighted by Crippen LogP contribution is -2.39. The van der Waals surface area contributed by atoms with Gasteiger partial charge in [0.25, 0.3) is 5.91 Å². The summed E-state index contributed by atoms with van der Waals surface area (Å²) in [6.45, 7) is 3.52. The molecule has 1 amide bonds. The first-order valence-corrected chi connectivity index (χ1v) is 9.03. The van der Waals surface area contributed by atoms with Crippen molar-refractivity contribution in [3.8, 4) is 11.4 Å². The number of aryl methyl sites for hydroxylation is 1. The van der Waals surface area contributed by atoms with Crippen molar-refractivity contribution in [3.05, 3.63) is 72.1 Å². The van der Waals surface area contributed by atoms with Crippen LogP contribution in [0.2, 0.25) is 0 Å². The minimum absolute atomic E-state index is 0.124. The first kappa shape index (κ1) is 16.5. The molecule has 0 unspecified atom stereocenters. The van der Waals surface area contributed by atoms with Gasteiger partial charge in [0.15, 0.2) is 5.82 Å². The van der Waals surface area contributed by atoms with Crippen molar-refractivity contribution in [1.29, 1.82) is 0 Å². The molecule has 0 aliphatic carbocycles. The molecule has 2 aromatic carbocycles. The fourth-order valence-corrected chi connectivity index (χ4v) is 3.61. The van der Waals surface area contributed by atoms with E-state index in [0.29, 0.717) is 6.04 Å². The molecule has 5 heteroatoms. The summed E-state index contributed by atoms with van der Waals surface area (Å²) in [7, 11) is 0. The highest BCUT2D eigenvalue weighted by Gasteiger charge is 2.26. The maximum atomic E-state index is 12.7. The molecule has 2 heterocycles. The quantitative estimate of drug-likeness (QED) is 0.726. The summed E-state index contributed by atoms with van der Waals surface area (Å²) < 4.78 is 2.16. The topological polar surface area (TPSA) is 51.0 Å². The summed E-state index contributed by atoms with van der Waals surface area (Å²) >= 11 is 0. The molecular weight excluding hydrogens is 324 g/mol. The molecule has 1 fully saturated rings. The van der Waals surface area contributed by atoms with Crippen LogP contribution in [0.15, 0.2) is 60.9 Å². The number of likely N-dealkylation sites (tertiary alicyclic amines) is 1. The summed E-state index contributed by atoms with van der Waals surface area (Å²) in [5.74, 6) is 1.02. The second-order valence-electron chi connectivity index (χ2n) is 6.82. The molecule has 5 nitrogen and oxygen atoms in total. The van der Waals surface area contributed by atoms with Crippen molar-refractivity contribution in [2.75, 3.05) is 13.1 Å². The lowest BCUT2D eigenvalue weighted by molar-refractivity contribution is 0.0695. The minimum Gasteiger partial charge on any atom is -0.338 e. The number of hydrogen-bond acceptors (Lipinski definition) is 3. The highest BCUT2D eigenvalue weighted by molar-refractivity contribution is 5.94. The van der Waals surface area contributed by atoms with Gasteiger partial charge in [-0.05, 0) is 31.9 Å². The van der Waals surface area contributed by atoms with Crippen molar-refractivity contribution in [2.24, 2.45) is 0 Å². The molecule has 0 bridgehead atoms. The molecule has 0 N–H and O–H groups in total. The van der Waals surface area contributed by atoms with Crippen molar-refractivity contribution >= 4 is 5.91 Å². The molecule has 0 atom stereocenters. The van der Waals surface area contributed by atoms with E-state index in [0.717, 1.165) is 48.4 Å². The smallest absolute Gasteiger partial charge is 0.253 e. The van der Waals surface area contributed by atoms with E-state index < -0.39 is 0 Å². The van der Waals surface area contributed by atoms with E-state index in [1.54, 1.807) is 0 Å². The van der Waals surface area contributed by atoms with Gasteiger partial charge in [0.05, 0.1) is 0 Å². The van der Waals surface area contributed by atoms with Gasteiger partial charge in [0.1, 0.15) is 6.33 Å². The van der Waals surface area contributed by atoms with Crippen LogP contribution >= 0.6 is 0 Å². The van der Waals surface area contributed by atoms with Gasteiger partial charge >= 0.3 is 0 Å². The molecule has 4 rings (SSSR count). The Kier molecular flexibility index (Phi) is 4.52. The Morgan fingerprint density at radius 3 is 2.54 bits per heavy atom. The predicted molar refractivity (Wildman–Crippen MR) is 101 cm³/mol. The van der Waals surface area contributed by atoms with Crippen LogP contribution in [0, 0.1) is 6.92 Å². The van der Waals surface area contributed by atoms with Crippen LogP contribution in [-0.4, -0.2) is 38.7 Å². The summed E-state index contributed by atoms with van der Waals surface area (Å²) in [6.07, 6.45) is 3.63. The van der Waals surface area contributed by atoms with Gasteiger partial charge in [-0.3, -0.25) is 4.79 Å². The highest BCUT2D eigenvalue weighted by atomic mass is 16.2. The average molecular weight is 346 g/mol. The summed E-state index contributed by atoms with van der Waals surface area (Å²) in [4.78, 5) is 14.7. The standard InChI is InChI=1S/C21H22N4O/c1-16-6-5-9-18(14-16)21(26)24-12-10-19(11-13-24)25-15-22-23-20(25)17-7-3-2-4-8-17/h2-9,14-15,19H,10-13H2,1H3. The molecule has 0 spiro atoms. The fraction of sp³-hybridized carbons (Fsp3) is 0.286. The fourth-order valence-electron chi connectivity index (χ4n) is 3.61. The maximum Gasteiger partial charge on any atom is 0.253 e. The number of nitrogens with zero attached hydrogens (tertiary/aromatic N) is 4. The van der Waals surface area contributed by atoms with Gasteiger partial charge in [0, 0.05) is 30.3 Å². The molecular formula is C21H22N4O. The SMILES string of the molecule is Cc1cccc(C(=O)N2CCC(n3cnnc3-c3ccccc3)CC2)c1. The number of amides is 1. The Balaban J connectivity index is 1.46. The zero-order chi connectivity index (χ0) is 17.9. The van der Waals surface area contributed by atoms with Crippen LogP contribution in [0.4, 0.5) is 0 Å². The molecule has 26 heavy (non-hydrogen) atoms. The lowest BCUT2D eigenvalue weighted by Gasteiger charge is -2.33. The molecule has 0 saturated carbocycles. The molecule has 1 aliphatic heterocycles. The van der Waals surface area contributed by atoms with Crippen LogP contribution in [0.1, 0.15) is 34.8 Å². The number of hydrogen-bond donors (Lipinski definition) is 0. The van der Waals surface area contributed by atoms with Crippen molar-refractivity contribution in [2.45, 2.75) is 25.8 Å². The number of rotatable bonds is 3. The van der Waals surface area contributed by atoms with Crippen molar-refractivity contribution in [3.63, 3.8) is 0 Å². The Morgan fingerprint density at radius 2 is 1.81 bits per heavy atom. The second kappa shape index (κ2) is 7.12. The van der Waals surface area contributed by atoms with Crippen LogP contribution in [0.25, 0.3) is 11.4 Å². The minimum atomic E-state index is 0.124. The van der Waals surface area contributed by atoms with Gasteiger partial charge in [-0.2, -0.15) is 0 Å². The predicted octanol–water partition coefficient (Wildman–Crippen LogP) is 3.73. The number of aromatic nitrogens is 3. The van der Waals surface area contributed by atoms with Crippen molar-refractivity contribution in [1.82, 2.24) is 19.7 Å². The van der Waals surface area contributed by atoms with Gasteiger partial charge < -0.3 is 9.47 Å².